The fourth-order valence-corrected chi connectivity index (χ4v) is 2.22. The number of nitrogens with zero attached hydrogens (tertiary/aromatic N) is 2. The number of carbonyl (C=O) groups excluding carboxylic acids is 1. The third kappa shape index (κ3) is 2.33. The largest absolute Gasteiger partial charge is 0.367 e. The second-order valence-electron chi connectivity index (χ2n) is 4.97. The Bertz CT molecular complexity index is 453. The SMILES string of the molecule is CCc1ccc(N2CC(C(=O)N(C)C)C2)c(F)c1. The molecule has 1 saturated heterocycles. The maximum Gasteiger partial charge on any atom is 0.228 e. The molecule has 18 heavy (non-hydrogen) atoms. The Morgan fingerprint density at radius 3 is 2.61 bits per heavy atom. The van der Waals surface area contributed by atoms with Crippen molar-refractivity contribution in [2.75, 3.05) is 32.1 Å². The van der Waals surface area contributed by atoms with E-state index < -0.39 is 0 Å². The van der Waals surface area contributed by atoms with Crippen molar-refractivity contribution in [3.63, 3.8) is 0 Å². The molecule has 98 valence electrons. The summed E-state index contributed by atoms with van der Waals surface area (Å²) in [5, 5.41) is 0. The molecule has 0 aromatic heterocycles. The number of amides is 1. The minimum absolute atomic E-state index is 0.00486. The van der Waals surface area contributed by atoms with Crippen LogP contribution in [0.2, 0.25) is 0 Å². The van der Waals surface area contributed by atoms with Crippen molar-refractivity contribution in [2.24, 2.45) is 5.92 Å². The molecule has 1 heterocycles. The van der Waals surface area contributed by atoms with Crippen molar-refractivity contribution >= 4 is 11.6 Å². The lowest BCUT2D eigenvalue weighted by atomic mass is 9.97. The van der Waals surface area contributed by atoms with Crippen LogP contribution in [0.1, 0.15) is 12.5 Å². The summed E-state index contributed by atoms with van der Waals surface area (Å²) in [5.74, 6) is -0.0628. The van der Waals surface area contributed by atoms with E-state index in [1.807, 2.05) is 24.0 Å². The van der Waals surface area contributed by atoms with Crippen LogP contribution in [0.15, 0.2) is 18.2 Å². The molecule has 0 aliphatic carbocycles. The monoisotopic (exact) mass is 250 g/mol. The molecule has 0 saturated carbocycles. The van der Waals surface area contributed by atoms with E-state index in [2.05, 4.69) is 0 Å². The zero-order valence-electron chi connectivity index (χ0n) is 11.1. The van der Waals surface area contributed by atoms with Gasteiger partial charge in [0.25, 0.3) is 0 Å². The molecule has 3 nitrogen and oxygen atoms in total. The summed E-state index contributed by atoms with van der Waals surface area (Å²) in [6.07, 6.45) is 0.832. The molecule has 1 amide bonds. The van der Waals surface area contributed by atoms with Crippen LogP contribution in [0.4, 0.5) is 10.1 Å². The zero-order chi connectivity index (χ0) is 13.3. The highest BCUT2D eigenvalue weighted by Crippen LogP contribution is 2.28. The van der Waals surface area contributed by atoms with Gasteiger partial charge in [-0.05, 0) is 24.1 Å². The molecule has 1 aliphatic heterocycles. The number of halogens is 1. The van der Waals surface area contributed by atoms with Gasteiger partial charge < -0.3 is 9.80 Å². The first-order chi connectivity index (χ1) is 8.52. The number of hydrogen-bond donors (Lipinski definition) is 0. The van der Waals surface area contributed by atoms with Crippen LogP contribution >= 0.6 is 0 Å². The van der Waals surface area contributed by atoms with Crippen molar-refractivity contribution in [1.29, 1.82) is 0 Å². The van der Waals surface area contributed by atoms with Gasteiger partial charge in [-0.25, -0.2) is 4.39 Å². The van der Waals surface area contributed by atoms with E-state index >= 15 is 0 Å². The van der Waals surface area contributed by atoms with Crippen LogP contribution in [0.3, 0.4) is 0 Å². The third-order valence-electron chi connectivity index (χ3n) is 3.43. The van der Waals surface area contributed by atoms with Crippen molar-refractivity contribution in [3.05, 3.63) is 29.6 Å². The molecule has 0 spiro atoms. The second kappa shape index (κ2) is 4.96. The van der Waals surface area contributed by atoms with E-state index in [1.165, 1.54) is 0 Å². The number of hydrogen-bond acceptors (Lipinski definition) is 2. The average Bonchev–Trinajstić information content (AvgIpc) is 2.28. The van der Waals surface area contributed by atoms with Crippen LogP contribution < -0.4 is 4.90 Å². The van der Waals surface area contributed by atoms with E-state index in [4.69, 9.17) is 0 Å². The first kappa shape index (κ1) is 12.9. The molecular formula is C14H19FN2O. The summed E-state index contributed by atoms with van der Waals surface area (Å²) in [6, 6.07) is 5.33. The molecule has 0 unspecified atom stereocenters. The smallest absolute Gasteiger partial charge is 0.228 e. The van der Waals surface area contributed by atoms with Gasteiger partial charge in [0.05, 0.1) is 11.6 Å². The summed E-state index contributed by atoms with van der Waals surface area (Å²) >= 11 is 0. The summed E-state index contributed by atoms with van der Waals surface area (Å²) < 4.78 is 13.9. The molecule has 0 atom stereocenters. The minimum atomic E-state index is -0.190. The van der Waals surface area contributed by atoms with E-state index in [0.29, 0.717) is 18.8 Å². The van der Waals surface area contributed by atoms with Crippen molar-refractivity contribution in [3.8, 4) is 0 Å². The van der Waals surface area contributed by atoms with Crippen LogP contribution in [-0.2, 0) is 11.2 Å². The van der Waals surface area contributed by atoms with E-state index in [0.717, 1.165) is 12.0 Å². The summed E-state index contributed by atoms with van der Waals surface area (Å²) in [5.41, 5.74) is 1.60. The van der Waals surface area contributed by atoms with Gasteiger partial charge in [-0.3, -0.25) is 4.79 Å². The van der Waals surface area contributed by atoms with Gasteiger partial charge >= 0.3 is 0 Å². The molecule has 0 bridgehead atoms. The first-order valence-corrected chi connectivity index (χ1v) is 6.27. The molecule has 4 heteroatoms. The van der Waals surface area contributed by atoms with Crippen molar-refractivity contribution in [1.82, 2.24) is 4.90 Å². The van der Waals surface area contributed by atoms with E-state index in [9.17, 15) is 9.18 Å². The number of carbonyl (C=O) groups is 1. The molecule has 1 aromatic carbocycles. The fraction of sp³-hybridized carbons (Fsp3) is 0.500. The van der Waals surface area contributed by atoms with Gasteiger partial charge in [-0.2, -0.15) is 0 Å². The highest BCUT2D eigenvalue weighted by molar-refractivity contribution is 5.81. The van der Waals surface area contributed by atoms with Crippen molar-refractivity contribution < 1.29 is 9.18 Å². The Hall–Kier alpha value is -1.58. The normalized spacial score (nSPS) is 15.4. The van der Waals surface area contributed by atoms with Gasteiger partial charge in [0.2, 0.25) is 5.91 Å². The molecule has 1 aromatic rings. The maximum absolute atomic E-state index is 13.9. The predicted molar refractivity (Wildman–Crippen MR) is 70.2 cm³/mol. The number of benzene rings is 1. The highest BCUT2D eigenvalue weighted by Gasteiger charge is 2.34. The Labute approximate surface area is 107 Å². The Morgan fingerprint density at radius 1 is 1.44 bits per heavy atom. The lowest BCUT2D eigenvalue weighted by molar-refractivity contribution is -0.133. The lowest BCUT2D eigenvalue weighted by Gasteiger charge is -2.41. The maximum atomic E-state index is 13.9. The summed E-state index contributed by atoms with van der Waals surface area (Å²) in [6.45, 7) is 3.22. The van der Waals surface area contributed by atoms with Gasteiger partial charge in [0.1, 0.15) is 5.82 Å². The van der Waals surface area contributed by atoms with Gasteiger partial charge in [0, 0.05) is 27.2 Å². The number of aryl methyl sites for hydroxylation is 1. The van der Waals surface area contributed by atoms with Crippen LogP contribution in [0.5, 0.6) is 0 Å². The third-order valence-corrected chi connectivity index (χ3v) is 3.43. The summed E-state index contributed by atoms with van der Waals surface area (Å²) in [7, 11) is 3.50. The van der Waals surface area contributed by atoms with E-state index in [1.54, 1.807) is 25.1 Å². The average molecular weight is 250 g/mol. The Kier molecular flexibility index (Phi) is 3.55. The molecular weight excluding hydrogens is 231 g/mol. The molecule has 0 N–H and O–H groups in total. The van der Waals surface area contributed by atoms with Gasteiger partial charge in [-0.15, -0.1) is 0 Å². The Morgan fingerprint density at radius 2 is 2.11 bits per heavy atom. The second-order valence-corrected chi connectivity index (χ2v) is 4.97. The molecule has 1 aliphatic rings. The summed E-state index contributed by atoms with van der Waals surface area (Å²) in [4.78, 5) is 15.2. The lowest BCUT2D eigenvalue weighted by Crippen LogP contribution is -2.53. The van der Waals surface area contributed by atoms with Crippen molar-refractivity contribution in [2.45, 2.75) is 13.3 Å². The fourth-order valence-electron chi connectivity index (χ4n) is 2.22. The highest BCUT2D eigenvalue weighted by atomic mass is 19.1. The molecule has 1 fully saturated rings. The zero-order valence-corrected chi connectivity index (χ0v) is 11.1. The molecule has 2 rings (SSSR count). The standard InChI is InChI=1S/C14H19FN2O/c1-4-10-5-6-13(12(15)7-10)17-8-11(9-17)14(18)16(2)3/h5-7,11H,4,8-9H2,1-3H3. The van der Waals surface area contributed by atoms with Gasteiger partial charge in [-0.1, -0.05) is 13.0 Å². The predicted octanol–water partition coefficient (Wildman–Crippen LogP) is 1.91. The quantitative estimate of drug-likeness (QED) is 0.818. The number of anilines is 1. The van der Waals surface area contributed by atoms with Crippen LogP contribution in [-0.4, -0.2) is 38.0 Å². The van der Waals surface area contributed by atoms with Crippen LogP contribution in [0, 0.1) is 11.7 Å². The minimum Gasteiger partial charge on any atom is -0.367 e. The molecule has 0 radical (unpaired) electrons. The topological polar surface area (TPSA) is 23.6 Å². The number of rotatable bonds is 3. The van der Waals surface area contributed by atoms with E-state index in [-0.39, 0.29) is 17.6 Å². The first-order valence-electron chi connectivity index (χ1n) is 6.27. The van der Waals surface area contributed by atoms with Gasteiger partial charge in [0.15, 0.2) is 0 Å². The Balaban J connectivity index is 2.02. The van der Waals surface area contributed by atoms with Crippen LogP contribution in [0.25, 0.3) is 0 Å².